The van der Waals surface area contributed by atoms with E-state index in [-0.39, 0.29) is 11.4 Å². The molecule has 3 aromatic rings. The van der Waals surface area contributed by atoms with Gasteiger partial charge < -0.3 is 10.1 Å². The second-order valence-corrected chi connectivity index (χ2v) is 6.24. The summed E-state index contributed by atoms with van der Waals surface area (Å²) in [6, 6.07) is 19.9. The molecule has 0 radical (unpaired) electrons. The van der Waals surface area contributed by atoms with E-state index in [0.29, 0.717) is 11.3 Å². The predicted molar refractivity (Wildman–Crippen MR) is 103 cm³/mol. The zero-order valence-corrected chi connectivity index (χ0v) is 15.0. The van der Waals surface area contributed by atoms with E-state index in [1.807, 2.05) is 48.5 Å². The molecule has 27 heavy (non-hydrogen) atoms. The zero-order chi connectivity index (χ0) is 19.2. The van der Waals surface area contributed by atoms with Crippen LogP contribution in [0.3, 0.4) is 0 Å². The van der Waals surface area contributed by atoms with E-state index < -0.39 is 18.5 Å². The Morgan fingerprint density at radius 1 is 1.07 bits per heavy atom. The highest BCUT2D eigenvalue weighted by Gasteiger charge is 2.11. The van der Waals surface area contributed by atoms with Crippen molar-refractivity contribution in [1.82, 2.24) is 0 Å². The smallest absolute Gasteiger partial charge is 0.310 e. The molecule has 0 saturated carbocycles. The number of anilines is 1. The molecular weight excluding hydrogens is 364 g/mol. The number of nitrogens with one attached hydrogen (secondary N) is 1. The molecule has 0 unspecified atom stereocenters. The summed E-state index contributed by atoms with van der Waals surface area (Å²) in [5.74, 6) is -0.971. The monoisotopic (exact) mass is 378 g/mol. The summed E-state index contributed by atoms with van der Waals surface area (Å²) in [5, 5.41) is 13.7. The molecule has 0 bridgehead atoms. The lowest BCUT2D eigenvalue weighted by molar-refractivity contribution is -0.146. The van der Waals surface area contributed by atoms with Crippen LogP contribution in [0.4, 0.5) is 5.69 Å². The lowest BCUT2D eigenvalue weighted by Crippen LogP contribution is -2.21. The van der Waals surface area contributed by atoms with Crippen LogP contribution >= 0.6 is 11.6 Å². The fraction of sp³-hybridized carbons (Fsp3) is 0.0952. The molecule has 0 aliphatic carbocycles. The summed E-state index contributed by atoms with van der Waals surface area (Å²) in [4.78, 5) is 24.0. The predicted octanol–water partition coefficient (Wildman–Crippen LogP) is 4.09. The number of carbonyl (C=O) groups excluding carboxylic acids is 2. The van der Waals surface area contributed by atoms with E-state index >= 15 is 0 Å². The highest BCUT2D eigenvalue weighted by atomic mass is 35.5. The highest BCUT2D eigenvalue weighted by Crippen LogP contribution is 2.21. The van der Waals surface area contributed by atoms with Crippen molar-refractivity contribution in [3.63, 3.8) is 0 Å². The molecule has 0 atom stereocenters. The van der Waals surface area contributed by atoms with Gasteiger partial charge in [-0.15, -0.1) is 0 Å². The van der Waals surface area contributed by atoms with Crippen molar-refractivity contribution in [1.29, 1.82) is 5.26 Å². The molecule has 1 amide bonds. The van der Waals surface area contributed by atoms with E-state index in [4.69, 9.17) is 21.6 Å². The molecule has 0 heterocycles. The van der Waals surface area contributed by atoms with Gasteiger partial charge in [0.15, 0.2) is 6.61 Å². The van der Waals surface area contributed by atoms with Crippen LogP contribution in [-0.4, -0.2) is 18.5 Å². The number of benzene rings is 3. The van der Waals surface area contributed by atoms with Crippen LogP contribution in [0.25, 0.3) is 10.8 Å². The standard InChI is InChI=1S/C21H15ClN2O3/c22-19-11-17(9-8-16(19)12-23)24-20(25)13-27-21(26)10-15-6-3-5-14-4-1-2-7-18(14)15/h1-9,11H,10,13H2,(H,24,25). The molecule has 0 aromatic heterocycles. The summed E-state index contributed by atoms with van der Waals surface area (Å²) in [5.41, 5.74) is 1.59. The second-order valence-electron chi connectivity index (χ2n) is 5.83. The maximum Gasteiger partial charge on any atom is 0.310 e. The van der Waals surface area contributed by atoms with E-state index in [9.17, 15) is 9.59 Å². The van der Waals surface area contributed by atoms with Crippen LogP contribution in [0.2, 0.25) is 5.02 Å². The minimum atomic E-state index is -0.487. The molecule has 0 aliphatic rings. The third-order valence-electron chi connectivity index (χ3n) is 3.95. The zero-order valence-electron chi connectivity index (χ0n) is 14.2. The van der Waals surface area contributed by atoms with Crippen molar-refractivity contribution in [2.75, 3.05) is 11.9 Å². The van der Waals surface area contributed by atoms with Gasteiger partial charge in [-0.1, -0.05) is 54.1 Å². The highest BCUT2D eigenvalue weighted by molar-refractivity contribution is 6.32. The molecular formula is C21H15ClN2O3. The Bertz CT molecular complexity index is 1050. The first-order chi connectivity index (χ1) is 13.1. The number of nitrogens with zero attached hydrogens (tertiary/aromatic N) is 1. The first-order valence-electron chi connectivity index (χ1n) is 8.18. The number of hydrogen-bond donors (Lipinski definition) is 1. The Hall–Kier alpha value is -3.36. The van der Waals surface area contributed by atoms with Crippen LogP contribution in [0, 0.1) is 11.3 Å². The fourth-order valence-corrected chi connectivity index (χ4v) is 2.90. The summed E-state index contributed by atoms with van der Waals surface area (Å²) < 4.78 is 5.07. The third kappa shape index (κ3) is 4.63. The lowest BCUT2D eigenvalue weighted by Gasteiger charge is -2.09. The first kappa shape index (κ1) is 18.4. The van der Waals surface area contributed by atoms with Gasteiger partial charge in [-0.3, -0.25) is 9.59 Å². The Labute approximate surface area is 161 Å². The normalized spacial score (nSPS) is 10.2. The number of halogens is 1. The topological polar surface area (TPSA) is 79.2 Å². The van der Waals surface area contributed by atoms with Gasteiger partial charge in [-0.25, -0.2) is 0 Å². The van der Waals surface area contributed by atoms with Gasteiger partial charge in [0.25, 0.3) is 5.91 Å². The van der Waals surface area contributed by atoms with Crippen LogP contribution < -0.4 is 5.32 Å². The summed E-state index contributed by atoms with van der Waals surface area (Å²) in [7, 11) is 0. The van der Waals surface area contributed by atoms with Crippen LogP contribution in [-0.2, 0) is 20.7 Å². The number of esters is 1. The average Bonchev–Trinajstić information content (AvgIpc) is 2.67. The Morgan fingerprint density at radius 2 is 1.85 bits per heavy atom. The van der Waals surface area contributed by atoms with Gasteiger partial charge in [0.05, 0.1) is 17.0 Å². The van der Waals surface area contributed by atoms with Crippen molar-refractivity contribution in [2.45, 2.75) is 6.42 Å². The Balaban J connectivity index is 1.56. The van der Waals surface area contributed by atoms with Crippen molar-refractivity contribution in [3.8, 4) is 6.07 Å². The van der Waals surface area contributed by atoms with Gasteiger partial charge >= 0.3 is 5.97 Å². The lowest BCUT2D eigenvalue weighted by atomic mass is 10.0. The molecule has 0 saturated heterocycles. The largest absolute Gasteiger partial charge is 0.455 e. The first-order valence-corrected chi connectivity index (χ1v) is 8.56. The van der Waals surface area contributed by atoms with E-state index in [1.54, 1.807) is 6.07 Å². The van der Waals surface area contributed by atoms with Gasteiger partial charge in [-0.05, 0) is 34.5 Å². The second kappa shape index (κ2) is 8.35. The number of ether oxygens (including phenoxy) is 1. The Morgan fingerprint density at radius 3 is 2.63 bits per heavy atom. The number of amides is 1. The van der Waals surface area contributed by atoms with Gasteiger partial charge in [0.2, 0.25) is 0 Å². The fourth-order valence-electron chi connectivity index (χ4n) is 2.68. The van der Waals surface area contributed by atoms with E-state index in [2.05, 4.69) is 5.32 Å². The van der Waals surface area contributed by atoms with Crippen LogP contribution in [0.15, 0.2) is 60.7 Å². The van der Waals surface area contributed by atoms with Crippen molar-refractivity contribution < 1.29 is 14.3 Å². The van der Waals surface area contributed by atoms with E-state index in [0.717, 1.165) is 16.3 Å². The number of fused-ring (bicyclic) bond motifs is 1. The molecule has 0 aliphatic heterocycles. The van der Waals surface area contributed by atoms with Gasteiger partial charge in [0, 0.05) is 5.69 Å². The maximum atomic E-state index is 12.1. The number of nitriles is 1. The molecule has 3 rings (SSSR count). The third-order valence-corrected chi connectivity index (χ3v) is 4.26. The average molecular weight is 379 g/mol. The van der Waals surface area contributed by atoms with Crippen molar-refractivity contribution in [3.05, 3.63) is 76.8 Å². The summed E-state index contributed by atoms with van der Waals surface area (Å²) in [6.07, 6.45) is 0.0807. The summed E-state index contributed by atoms with van der Waals surface area (Å²) in [6.45, 7) is -0.402. The minimum Gasteiger partial charge on any atom is -0.455 e. The van der Waals surface area contributed by atoms with Gasteiger partial charge in [0.1, 0.15) is 6.07 Å². The number of carbonyl (C=O) groups is 2. The van der Waals surface area contributed by atoms with Crippen molar-refractivity contribution in [2.24, 2.45) is 0 Å². The maximum absolute atomic E-state index is 12.1. The number of rotatable bonds is 5. The van der Waals surface area contributed by atoms with Crippen LogP contribution in [0.1, 0.15) is 11.1 Å². The van der Waals surface area contributed by atoms with E-state index in [1.165, 1.54) is 12.1 Å². The van der Waals surface area contributed by atoms with Crippen LogP contribution in [0.5, 0.6) is 0 Å². The van der Waals surface area contributed by atoms with Crippen molar-refractivity contribution >= 4 is 39.9 Å². The molecule has 0 spiro atoms. The molecule has 134 valence electrons. The Kier molecular flexibility index (Phi) is 5.70. The molecule has 1 N–H and O–H groups in total. The quantitative estimate of drug-likeness (QED) is 0.678. The molecule has 0 fully saturated rings. The molecule has 3 aromatic carbocycles. The number of hydrogen-bond acceptors (Lipinski definition) is 4. The van der Waals surface area contributed by atoms with Gasteiger partial charge in [-0.2, -0.15) is 5.26 Å². The molecule has 6 heteroatoms. The molecule has 5 nitrogen and oxygen atoms in total. The summed E-state index contributed by atoms with van der Waals surface area (Å²) >= 11 is 5.92. The minimum absolute atomic E-state index is 0.0807. The SMILES string of the molecule is N#Cc1ccc(NC(=O)COC(=O)Cc2cccc3ccccc23)cc1Cl.